The lowest BCUT2D eigenvalue weighted by Crippen LogP contribution is -1.95. The molecule has 232 valence electrons. The average molecular weight is 652 g/mol. The van der Waals surface area contributed by atoms with Crippen LogP contribution in [0.3, 0.4) is 0 Å². The van der Waals surface area contributed by atoms with Crippen LogP contribution >= 0.6 is 11.8 Å². The number of para-hydroxylation sites is 1. The van der Waals surface area contributed by atoms with Crippen molar-refractivity contribution in [2.45, 2.75) is 9.79 Å². The minimum Gasteiger partial charge on any atom is -0.308 e. The zero-order chi connectivity index (χ0) is 32.8. The summed E-state index contributed by atoms with van der Waals surface area (Å²) < 4.78 is 2.50. The molecule has 0 aliphatic carbocycles. The minimum absolute atomic E-state index is 1.17. The second kappa shape index (κ2) is 10.7. The molecule has 1 aromatic heterocycles. The highest BCUT2D eigenvalue weighted by atomic mass is 32.2. The summed E-state index contributed by atoms with van der Waals surface area (Å²) in [4.78, 5) is 2.65. The van der Waals surface area contributed by atoms with E-state index in [-0.39, 0.29) is 0 Å². The molecule has 10 aromatic rings. The van der Waals surface area contributed by atoms with E-state index in [1.807, 2.05) is 11.8 Å². The van der Waals surface area contributed by atoms with Crippen molar-refractivity contribution in [1.82, 2.24) is 4.57 Å². The molecule has 1 nitrogen and oxygen atoms in total. The van der Waals surface area contributed by atoms with Gasteiger partial charge in [-0.2, -0.15) is 0 Å². The van der Waals surface area contributed by atoms with E-state index in [9.17, 15) is 0 Å². The Balaban J connectivity index is 1.22. The fourth-order valence-corrected chi connectivity index (χ4v) is 9.52. The Kier molecular flexibility index (Phi) is 5.96. The van der Waals surface area contributed by atoms with Crippen molar-refractivity contribution in [3.8, 4) is 39.1 Å². The van der Waals surface area contributed by atoms with Crippen LogP contribution in [0.2, 0.25) is 0 Å². The monoisotopic (exact) mass is 651 g/mol. The molecule has 50 heavy (non-hydrogen) atoms. The highest BCUT2D eigenvalue weighted by Gasteiger charge is 2.23. The second-order valence-electron chi connectivity index (χ2n) is 13.2. The van der Waals surface area contributed by atoms with Crippen LogP contribution in [-0.2, 0) is 0 Å². The molecule has 2 heteroatoms. The van der Waals surface area contributed by atoms with Crippen molar-refractivity contribution in [3.63, 3.8) is 0 Å². The summed E-state index contributed by atoms with van der Waals surface area (Å²) in [5.41, 5.74) is 11.3. The molecule has 1 aliphatic heterocycles. The lowest BCUT2D eigenvalue weighted by Gasteiger charge is -2.21. The van der Waals surface area contributed by atoms with Crippen molar-refractivity contribution in [1.29, 1.82) is 0 Å². The third-order valence-corrected chi connectivity index (χ3v) is 11.7. The summed E-state index contributed by atoms with van der Waals surface area (Å²) in [5, 5.41) is 10.2. The van der Waals surface area contributed by atoms with E-state index in [4.69, 9.17) is 0 Å². The second-order valence-corrected chi connectivity index (χ2v) is 14.3. The number of aromatic nitrogens is 1. The van der Waals surface area contributed by atoms with Gasteiger partial charge in [-0.25, -0.2) is 0 Å². The quantitative estimate of drug-likeness (QED) is 0.184. The zero-order valence-corrected chi connectivity index (χ0v) is 27.9. The number of rotatable bonds is 3. The first-order valence-electron chi connectivity index (χ1n) is 17.2. The number of hydrogen-bond acceptors (Lipinski definition) is 1. The molecule has 0 saturated heterocycles. The molecular formula is C48H29NS. The topological polar surface area (TPSA) is 4.93 Å². The molecule has 0 atom stereocenters. The Hall–Kier alpha value is -6.09. The van der Waals surface area contributed by atoms with Crippen LogP contribution in [-0.4, -0.2) is 4.57 Å². The maximum absolute atomic E-state index is 2.50. The Morgan fingerprint density at radius 2 is 1.02 bits per heavy atom. The molecule has 1 aliphatic rings. The summed E-state index contributed by atoms with van der Waals surface area (Å²) in [7, 11) is 0. The van der Waals surface area contributed by atoms with Gasteiger partial charge in [-0.15, -0.1) is 0 Å². The molecule has 2 heterocycles. The third kappa shape index (κ3) is 3.97. The van der Waals surface area contributed by atoms with Crippen LogP contribution in [0.5, 0.6) is 0 Å². The van der Waals surface area contributed by atoms with E-state index in [1.165, 1.54) is 103 Å². The number of nitrogens with zero attached hydrogens (tertiary/aromatic N) is 1. The molecular weight excluding hydrogens is 623 g/mol. The van der Waals surface area contributed by atoms with Gasteiger partial charge in [-0.3, -0.25) is 0 Å². The van der Waals surface area contributed by atoms with E-state index in [2.05, 4.69) is 180 Å². The Morgan fingerprint density at radius 3 is 1.90 bits per heavy atom. The SMILES string of the molecule is c1ccc(-n2c3c4ccccc4ccc3c3c(-c4cccc(-c5ccc6c7c(cccc57)-c5ccccc5S6)c4)cc4ccccc4c32)cc1. The van der Waals surface area contributed by atoms with Gasteiger partial charge >= 0.3 is 0 Å². The summed E-state index contributed by atoms with van der Waals surface area (Å²) in [6.45, 7) is 0. The molecule has 0 amide bonds. The van der Waals surface area contributed by atoms with Gasteiger partial charge in [-0.05, 0) is 85.9 Å². The molecule has 0 unspecified atom stereocenters. The normalized spacial score (nSPS) is 12.3. The van der Waals surface area contributed by atoms with E-state index in [0.29, 0.717) is 0 Å². The first-order valence-corrected chi connectivity index (χ1v) is 18.0. The lowest BCUT2D eigenvalue weighted by molar-refractivity contribution is 1.19. The van der Waals surface area contributed by atoms with Crippen LogP contribution in [0.4, 0.5) is 0 Å². The van der Waals surface area contributed by atoms with Crippen molar-refractivity contribution < 1.29 is 0 Å². The van der Waals surface area contributed by atoms with E-state index in [1.54, 1.807) is 0 Å². The summed E-state index contributed by atoms with van der Waals surface area (Å²) in [6.07, 6.45) is 0. The van der Waals surface area contributed by atoms with Crippen LogP contribution < -0.4 is 0 Å². The molecule has 0 N–H and O–H groups in total. The Bertz CT molecular complexity index is 3010. The van der Waals surface area contributed by atoms with Crippen molar-refractivity contribution >= 4 is 65.9 Å². The van der Waals surface area contributed by atoms with Gasteiger partial charge in [0.2, 0.25) is 0 Å². The van der Waals surface area contributed by atoms with Gasteiger partial charge in [-0.1, -0.05) is 151 Å². The maximum atomic E-state index is 2.50. The first-order chi connectivity index (χ1) is 24.8. The van der Waals surface area contributed by atoms with Crippen molar-refractivity contribution in [3.05, 3.63) is 176 Å². The first kappa shape index (κ1) is 27.8. The average Bonchev–Trinajstić information content (AvgIpc) is 3.54. The molecule has 0 fully saturated rings. The predicted octanol–water partition coefficient (Wildman–Crippen LogP) is 13.7. The summed E-state index contributed by atoms with van der Waals surface area (Å²) in [5.74, 6) is 0. The summed E-state index contributed by atoms with van der Waals surface area (Å²) >= 11 is 1.88. The van der Waals surface area contributed by atoms with Gasteiger partial charge in [0.25, 0.3) is 0 Å². The van der Waals surface area contributed by atoms with Gasteiger partial charge in [0, 0.05) is 42.4 Å². The fourth-order valence-electron chi connectivity index (χ4n) is 8.39. The minimum atomic E-state index is 1.17. The van der Waals surface area contributed by atoms with Crippen molar-refractivity contribution in [2.75, 3.05) is 0 Å². The van der Waals surface area contributed by atoms with Gasteiger partial charge in [0.15, 0.2) is 0 Å². The molecule has 9 aromatic carbocycles. The molecule has 0 bridgehead atoms. The smallest absolute Gasteiger partial charge is 0.0625 e. The van der Waals surface area contributed by atoms with Gasteiger partial charge in [0.1, 0.15) is 0 Å². The maximum Gasteiger partial charge on any atom is 0.0625 e. The van der Waals surface area contributed by atoms with Crippen LogP contribution in [0, 0.1) is 0 Å². The number of benzene rings is 9. The largest absolute Gasteiger partial charge is 0.308 e. The summed E-state index contributed by atoms with van der Waals surface area (Å²) in [6, 6.07) is 65.0. The Labute approximate surface area is 294 Å². The highest BCUT2D eigenvalue weighted by molar-refractivity contribution is 7.99. The molecule has 0 saturated carbocycles. The third-order valence-electron chi connectivity index (χ3n) is 10.5. The van der Waals surface area contributed by atoms with Crippen LogP contribution in [0.25, 0.3) is 93.2 Å². The van der Waals surface area contributed by atoms with Gasteiger partial charge in [0.05, 0.1) is 11.0 Å². The van der Waals surface area contributed by atoms with Crippen LogP contribution in [0.15, 0.2) is 186 Å². The lowest BCUT2D eigenvalue weighted by atomic mass is 9.90. The highest BCUT2D eigenvalue weighted by Crippen LogP contribution is 2.50. The van der Waals surface area contributed by atoms with E-state index >= 15 is 0 Å². The van der Waals surface area contributed by atoms with E-state index in [0.717, 1.165) is 0 Å². The van der Waals surface area contributed by atoms with Gasteiger partial charge < -0.3 is 4.57 Å². The van der Waals surface area contributed by atoms with E-state index < -0.39 is 0 Å². The standard InChI is InChI=1S/C48H29NS/c1-2-16-34(17-3-1)49-47-36-18-6-4-12-30(36)24-25-41(47)46-42(29-33-13-5-7-19-37(33)48(46)49)32-15-10-14-31(28-32)35-26-27-44-45-39(35)21-11-22-40(45)38-20-8-9-23-43(38)50-44/h1-29H. The molecule has 11 rings (SSSR count). The molecule has 0 spiro atoms. The predicted molar refractivity (Wildman–Crippen MR) is 214 cm³/mol. The van der Waals surface area contributed by atoms with Crippen molar-refractivity contribution in [2.24, 2.45) is 0 Å². The van der Waals surface area contributed by atoms with Crippen LogP contribution in [0.1, 0.15) is 0 Å². The number of fused-ring (bicyclic) bond motifs is 9. The zero-order valence-electron chi connectivity index (χ0n) is 27.1. The Morgan fingerprint density at radius 1 is 0.340 bits per heavy atom. The fraction of sp³-hybridized carbons (Fsp3) is 0. The molecule has 0 radical (unpaired) electrons. The number of hydrogen-bond donors (Lipinski definition) is 0.